The van der Waals surface area contributed by atoms with E-state index in [9.17, 15) is 14.4 Å². The molecule has 0 N–H and O–H groups in total. The van der Waals surface area contributed by atoms with Gasteiger partial charge >= 0.3 is 17.9 Å². The molecule has 0 amide bonds. The lowest BCUT2D eigenvalue weighted by molar-refractivity contribution is -0.167. The molecule has 6 heteroatoms. The van der Waals surface area contributed by atoms with E-state index in [0.29, 0.717) is 19.3 Å². The Hall–Kier alpha value is -3.93. The molecule has 73 heavy (non-hydrogen) atoms. The first-order valence-electron chi connectivity index (χ1n) is 30.4. The van der Waals surface area contributed by atoms with Crippen LogP contribution < -0.4 is 0 Å². The SMILES string of the molecule is CC/C=C\C/C=C\C/C=C\C/C=C\C/C=C\CCCC(=O)OC(COC(=O)CCCCCCC/C=C\C/C=C\CCC)COC(=O)CCCCCCCCCCCCCCC/C=C\C/C=C\CCCCCCC. The summed E-state index contributed by atoms with van der Waals surface area (Å²) in [5, 5.41) is 0. The van der Waals surface area contributed by atoms with Gasteiger partial charge in [-0.15, -0.1) is 0 Å². The number of esters is 3. The van der Waals surface area contributed by atoms with Crippen molar-refractivity contribution in [2.45, 2.75) is 284 Å². The zero-order valence-electron chi connectivity index (χ0n) is 47.6. The Morgan fingerprint density at radius 2 is 0.575 bits per heavy atom. The fraction of sp³-hybridized carbons (Fsp3) is 0.687. The van der Waals surface area contributed by atoms with E-state index in [1.165, 1.54) is 116 Å². The van der Waals surface area contributed by atoms with Crippen LogP contribution in [0.4, 0.5) is 0 Å². The highest BCUT2D eigenvalue weighted by molar-refractivity contribution is 5.71. The quantitative estimate of drug-likeness (QED) is 0.0261. The molecule has 0 radical (unpaired) electrons. The van der Waals surface area contributed by atoms with Gasteiger partial charge in [0.1, 0.15) is 13.2 Å². The van der Waals surface area contributed by atoms with Gasteiger partial charge in [-0.25, -0.2) is 0 Å². The smallest absolute Gasteiger partial charge is 0.306 e. The number of ether oxygens (including phenoxy) is 3. The molecule has 6 nitrogen and oxygen atoms in total. The fourth-order valence-corrected chi connectivity index (χ4v) is 8.19. The maximum atomic E-state index is 12.8. The lowest BCUT2D eigenvalue weighted by Crippen LogP contribution is -2.30. The van der Waals surface area contributed by atoms with Crippen LogP contribution in [0.15, 0.2) is 109 Å². The Morgan fingerprint density at radius 3 is 0.932 bits per heavy atom. The van der Waals surface area contributed by atoms with Crippen LogP contribution in [0, 0.1) is 0 Å². The van der Waals surface area contributed by atoms with Gasteiger partial charge in [0, 0.05) is 19.3 Å². The number of hydrogen-bond acceptors (Lipinski definition) is 6. The second-order valence-electron chi connectivity index (χ2n) is 19.9. The summed E-state index contributed by atoms with van der Waals surface area (Å²) in [4.78, 5) is 38.2. The zero-order valence-corrected chi connectivity index (χ0v) is 47.6. The number of rotatable bonds is 54. The second-order valence-corrected chi connectivity index (χ2v) is 19.9. The van der Waals surface area contributed by atoms with Crippen molar-refractivity contribution in [2.24, 2.45) is 0 Å². The van der Waals surface area contributed by atoms with Crippen molar-refractivity contribution in [1.29, 1.82) is 0 Å². The maximum absolute atomic E-state index is 12.8. The molecule has 0 aromatic heterocycles. The summed E-state index contributed by atoms with van der Waals surface area (Å²) in [5.74, 6) is -0.978. The first kappa shape index (κ1) is 69.1. The molecule has 1 unspecified atom stereocenters. The minimum absolute atomic E-state index is 0.106. The monoisotopic (exact) mass is 1010 g/mol. The molecule has 1 atom stereocenters. The summed E-state index contributed by atoms with van der Waals surface area (Å²) >= 11 is 0. The number of carbonyl (C=O) groups is 3. The van der Waals surface area contributed by atoms with E-state index in [0.717, 1.165) is 116 Å². The third-order valence-electron chi connectivity index (χ3n) is 12.7. The maximum Gasteiger partial charge on any atom is 0.306 e. The molecule has 0 spiro atoms. The molecule has 0 aromatic carbocycles. The summed E-state index contributed by atoms with van der Waals surface area (Å²) in [6, 6.07) is 0. The summed E-state index contributed by atoms with van der Waals surface area (Å²) in [6.45, 7) is 6.40. The van der Waals surface area contributed by atoms with E-state index in [1.54, 1.807) is 0 Å². The molecule has 0 rings (SSSR count). The molecule has 0 aliphatic carbocycles. The van der Waals surface area contributed by atoms with Gasteiger partial charge in [-0.1, -0.05) is 252 Å². The number of carbonyl (C=O) groups excluding carboxylic acids is 3. The molecular formula is C67H112O6. The van der Waals surface area contributed by atoms with Crippen LogP contribution in [0.1, 0.15) is 278 Å². The topological polar surface area (TPSA) is 78.9 Å². The van der Waals surface area contributed by atoms with Crippen LogP contribution in [0.3, 0.4) is 0 Å². The minimum Gasteiger partial charge on any atom is -0.462 e. The predicted molar refractivity (Wildman–Crippen MR) is 316 cm³/mol. The van der Waals surface area contributed by atoms with Gasteiger partial charge in [0.15, 0.2) is 6.10 Å². The van der Waals surface area contributed by atoms with Crippen molar-refractivity contribution in [1.82, 2.24) is 0 Å². The zero-order chi connectivity index (χ0) is 52.9. The molecule has 0 heterocycles. The molecule has 416 valence electrons. The van der Waals surface area contributed by atoms with Crippen molar-refractivity contribution < 1.29 is 28.6 Å². The van der Waals surface area contributed by atoms with Crippen LogP contribution in [0.25, 0.3) is 0 Å². The van der Waals surface area contributed by atoms with Gasteiger partial charge in [-0.05, 0) is 116 Å². The Kier molecular flexibility index (Phi) is 57.4. The Labute approximate surface area is 450 Å². The lowest BCUT2D eigenvalue weighted by atomic mass is 10.0. The van der Waals surface area contributed by atoms with Crippen molar-refractivity contribution in [3.63, 3.8) is 0 Å². The average molecular weight is 1010 g/mol. The highest BCUT2D eigenvalue weighted by atomic mass is 16.6. The van der Waals surface area contributed by atoms with Gasteiger partial charge in [-0.3, -0.25) is 14.4 Å². The summed E-state index contributed by atoms with van der Waals surface area (Å²) < 4.78 is 16.8. The van der Waals surface area contributed by atoms with E-state index in [4.69, 9.17) is 14.2 Å². The lowest BCUT2D eigenvalue weighted by Gasteiger charge is -2.18. The van der Waals surface area contributed by atoms with Crippen LogP contribution in [0.2, 0.25) is 0 Å². The largest absolute Gasteiger partial charge is 0.462 e. The van der Waals surface area contributed by atoms with Crippen molar-refractivity contribution in [3.8, 4) is 0 Å². The molecule has 0 fully saturated rings. The molecule has 0 saturated heterocycles. The molecule has 0 bridgehead atoms. The first-order chi connectivity index (χ1) is 36.0. The number of allylic oxidation sites excluding steroid dienone is 18. The van der Waals surface area contributed by atoms with Gasteiger partial charge in [-0.2, -0.15) is 0 Å². The molecule has 0 saturated carbocycles. The second kappa shape index (κ2) is 60.6. The summed E-state index contributed by atoms with van der Waals surface area (Å²) in [7, 11) is 0. The van der Waals surface area contributed by atoms with Gasteiger partial charge in [0.2, 0.25) is 0 Å². The molecule has 0 aliphatic rings. The van der Waals surface area contributed by atoms with Crippen LogP contribution >= 0.6 is 0 Å². The van der Waals surface area contributed by atoms with E-state index in [1.807, 2.05) is 0 Å². The van der Waals surface area contributed by atoms with Gasteiger partial charge in [0.25, 0.3) is 0 Å². The molecule has 0 aromatic rings. The van der Waals surface area contributed by atoms with E-state index in [-0.39, 0.29) is 37.5 Å². The third-order valence-corrected chi connectivity index (χ3v) is 12.7. The highest BCUT2D eigenvalue weighted by Gasteiger charge is 2.19. The third kappa shape index (κ3) is 58.8. The van der Waals surface area contributed by atoms with E-state index < -0.39 is 6.10 Å². The molecular weight excluding hydrogens is 901 g/mol. The normalized spacial score (nSPS) is 12.9. The Bertz CT molecular complexity index is 1490. The van der Waals surface area contributed by atoms with Gasteiger partial charge < -0.3 is 14.2 Å². The van der Waals surface area contributed by atoms with Crippen molar-refractivity contribution in [2.75, 3.05) is 13.2 Å². The Balaban J connectivity index is 4.37. The average Bonchev–Trinajstić information content (AvgIpc) is 3.39. The van der Waals surface area contributed by atoms with E-state index in [2.05, 4.69) is 130 Å². The highest BCUT2D eigenvalue weighted by Crippen LogP contribution is 2.15. The predicted octanol–water partition coefficient (Wildman–Crippen LogP) is 20.7. The fourth-order valence-electron chi connectivity index (χ4n) is 8.19. The molecule has 0 aliphatic heterocycles. The summed E-state index contributed by atoms with van der Waals surface area (Å²) in [6.07, 6.45) is 82.4. The van der Waals surface area contributed by atoms with Crippen molar-refractivity contribution >= 4 is 17.9 Å². The number of unbranched alkanes of at least 4 members (excludes halogenated alkanes) is 25. The van der Waals surface area contributed by atoms with Crippen LogP contribution in [0.5, 0.6) is 0 Å². The van der Waals surface area contributed by atoms with E-state index >= 15 is 0 Å². The number of hydrogen-bond donors (Lipinski definition) is 0. The summed E-state index contributed by atoms with van der Waals surface area (Å²) in [5.41, 5.74) is 0. The van der Waals surface area contributed by atoms with Crippen LogP contribution in [-0.2, 0) is 28.6 Å². The van der Waals surface area contributed by atoms with Crippen LogP contribution in [-0.4, -0.2) is 37.2 Å². The van der Waals surface area contributed by atoms with Gasteiger partial charge in [0.05, 0.1) is 0 Å². The first-order valence-corrected chi connectivity index (χ1v) is 30.4. The minimum atomic E-state index is -0.816. The Morgan fingerprint density at radius 1 is 0.288 bits per heavy atom. The van der Waals surface area contributed by atoms with Crippen molar-refractivity contribution in [3.05, 3.63) is 109 Å². The standard InChI is InChI=1S/C67H112O6/c1-4-7-10-13-16-19-22-25-27-29-30-31-32-33-34-35-36-38-39-42-45-48-51-54-57-60-66(69)72-63-64(62-71-65(68)59-56-53-50-47-44-41-24-21-18-15-12-9-6-3)73-67(70)61-58-55-52-49-46-43-40-37-28-26-23-20-17-14-11-8-5-2/h8,11-12,15,17,20-22,24-26,28-30,40,43,49,52,64H,4-7,9-10,13-14,16,18-19,23,27,31-39,41-42,44-48,50-51,53-63H2,1-3H3/b11-8-,15-12-,20-17-,24-21-,25-22-,28-26-,30-29-,43-40-,52-49-.